The molecule has 0 spiro atoms. The van der Waals surface area contributed by atoms with Crippen LogP contribution in [0.15, 0.2) is 0 Å². The van der Waals surface area contributed by atoms with Gasteiger partial charge in [0.1, 0.15) is 11.6 Å². The first-order valence-corrected chi connectivity index (χ1v) is 5.62. The number of aromatic nitrogens is 2. The van der Waals surface area contributed by atoms with Gasteiger partial charge in [-0.15, -0.1) is 0 Å². The normalized spacial score (nSPS) is 16.2. The molecule has 1 atom stereocenters. The van der Waals surface area contributed by atoms with Crippen molar-refractivity contribution in [3.8, 4) is 0 Å². The lowest BCUT2D eigenvalue weighted by Gasteiger charge is -2.12. The van der Waals surface area contributed by atoms with E-state index in [-0.39, 0.29) is 0 Å². The van der Waals surface area contributed by atoms with Gasteiger partial charge in [0, 0.05) is 17.2 Å². The van der Waals surface area contributed by atoms with Crippen molar-refractivity contribution >= 4 is 5.82 Å². The van der Waals surface area contributed by atoms with Crippen molar-refractivity contribution in [3.05, 3.63) is 17.1 Å². The third-order valence-corrected chi connectivity index (χ3v) is 3.14. The number of hydrazine groups is 1. The molecule has 0 saturated carbocycles. The Hall–Kier alpha value is -1.16. The van der Waals surface area contributed by atoms with Crippen LogP contribution in [0.3, 0.4) is 0 Å². The third-order valence-electron chi connectivity index (χ3n) is 3.14. The Balaban J connectivity index is 2.43. The van der Waals surface area contributed by atoms with E-state index in [1.165, 1.54) is 17.7 Å². The molecule has 1 aliphatic carbocycles. The number of nitrogens with one attached hydrogen (secondary N) is 1. The van der Waals surface area contributed by atoms with Crippen LogP contribution >= 0.6 is 0 Å². The van der Waals surface area contributed by atoms with E-state index < -0.39 is 0 Å². The largest absolute Gasteiger partial charge is 0.308 e. The zero-order valence-corrected chi connectivity index (χ0v) is 9.38. The van der Waals surface area contributed by atoms with Crippen LogP contribution in [0.25, 0.3) is 0 Å². The molecule has 1 aromatic rings. The van der Waals surface area contributed by atoms with Crippen molar-refractivity contribution in [1.82, 2.24) is 9.97 Å². The maximum absolute atomic E-state index is 5.49. The molecule has 4 heteroatoms. The molecule has 0 amide bonds. The molecule has 0 bridgehead atoms. The fourth-order valence-electron chi connectivity index (χ4n) is 1.97. The standard InChI is InChI=1S/C11H18N4/c1-3-7(2)10-13-9-6-4-5-8(9)11(14-10)15-12/h7H,3-6,12H2,1-2H3,(H,13,14,15). The number of nitrogens with two attached hydrogens (primary N) is 1. The topological polar surface area (TPSA) is 63.8 Å². The molecule has 1 aliphatic rings. The molecule has 1 unspecified atom stereocenters. The van der Waals surface area contributed by atoms with Gasteiger partial charge in [0.15, 0.2) is 0 Å². The summed E-state index contributed by atoms with van der Waals surface area (Å²) in [5, 5.41) is 0. The van der Waals surface area contributed by atoms with Crippen molar-refractivity contribution < 1.29 is 0 Å². The summed E-state index contributed by atoms with van der Waals surface area (Å²) < 4.78 is 0. The number of hydrogen-bond acceptors (Lipinski definition) is 4. The Morgan fingerprint density at radius 2 is 2.20 bits per heavy atom. The van der Waals surface area contributed by atoms with E-state index in [0.717, 1.165) is 30.9 Å². The van der Waals surface area contributed by atoms with Crippen LogP contribution < -0.4 is 11.3 Å². The summed E-state index contributed by atoms with van der Waals surface area (Å²) in [7, 11) is 0. The number of anilines is 1. The summed E-state index contributed by atoms with van der Waals surface area (Å²) in [5.74, 6) is 7.65. The summed E-state index contributed by atoms with van der Waals surface area (Å²) in [5.41, 5.74) is 5.10. The minimum absolute atomic E-state index is 0.406. The van der Waals surface area contributed by atoms with Crippen molar-refractivity contribution in [2.45, 2.75) is 45.4 Å². The lowest BCUT2D eigenvalue weighted by Crippen LogP contribution is -2.14. The third kappa shape index (κ3) is 1.81. The highest BCUT2D eigenvalue weighted by Gasteiger charge is 2.20. The number of rotatable bonds is 3. The maximum atomic E-state index is 5.49. The van der Waals surface area contributed by atoms with E-state index in [0.29, 0.717) is 5.92 Å². The van der Waals surface area contributed by atoms with Crippen molar-refractivity contribution in [2.75, 3.05) is 5.43 Å². The van der Waals surface area contributed by atoms with Crippen LogP contribution in [0.5, 0.6) is 0 Å². The summed E-state index contributed by atoms with van der Waals surface area (Å²) in [4.78, 5) is 9.11. The SMILES string of the molecule is CCC(C)c1nc2c(c(NN)n1)CCC2. The molecule has 2 rings (SSSR count). The Labute approximate surface area is 90.3 Å². The molecular weight excluding hydrogens is 188 g/mol. The van der Waals surface area contributed by atoms with Gasteiger partial charge >= 0.3 is 0 Å². The molecule has 3 N–H and O–H groups in total. The molecule has 0 saturated heterocycles. The zero-order valence-electron chi connectivity index (χ0n) is 9.38. The fourth-order valence-corrected chi connectivity index (χ4v) is 1.97. The fraction of sp³-hybridized carbons (Fsp3) is 0.636. The first kappa shape index (κ1) is 10.4. The van der Waals surface area contributed by atoms with E-state index in [9.17, 15) is 0 Å². The smallest absolute Gasteiger partial charge is 0.147 e. The van der Waals surface area contributed by atoms with E-state index >= 15 is 0 Å². The number of hydrogen-bond donors (Lipinski definition) is 2. The van der Waals surface area contributed by atoms with Gasteiger partial charge in [-0.2, -0.15) is 0 Å². The number of aryl methyl sites for hydroxylation is 1. The molecule has 0 fully saturated rings. The quantitative estimate of drug-likeness (QED) is 0.584. The molecule has 15 heavy (non-hydrogen) atoms. The van der Waals surface area contributed by atoms with Crippen LogP contribution in [0.1, 0.15) is 49.7 Å². The lowest BCUT2D eigenvalue weighted by molar-refractivity contribution is 0.673. The Bertz CT molecular complexity index is 362. The van der Waals surface area contributed by atoms with Crippen molar-refractivity contribution in [1.29, 1.82) is 0 Å². The van der Waals surface area contributed by atoms with Crippen LogP contribution in [0, 0.1) is 0 Å². The van der Waals surface area contributed by atoms with Crippen LogP contribution in [-0.2, 0) is 12.8 Å². The Morgan fingerprint density at radius 1 is 1.40 bits per heavy atom. The molecule has 1 heterocycles. The minimum atomic E-state index is 0.406. The van der Waals surface area contributed by atoms with Crippen LogP contribution in [0.4, 0.5) is 5.82 Å². The highest BCUT2D eigenvalue weighted by Crippen LogP contribution is 2.27. The van der Waals surface area contributed by atoms with Gasteiger partial charge in [0.25, 0.3) is 0 Å². The van der Waals surface area contributed by atoms with Crippen LogP contribution in [-0.4, -0.2) is 9.97 Å². The zero-order chi connectivity index (χ0) is 10.8. The predicted octanol–water partition coefficient (Wildman–Crippen LogP) is 1.76. The van der Waals surface area contributed by atoms with Gasteiger partial charge < -0.3 is 5.43 Å². The Morgan fingerprint density at radius 3 is 2.87 bits per heavy atom. The number of nitrogen functional groups attached to an aromatic ring is 1. The van der Waals surface area contributed by atoms with Gasteiger partial charge in [-0.1, -0.05) is 13.8 Å². The van der Waals surface area contributed by atoms with Gasteiger partial charge in [-0.25, -0.2) is 15.8 Å². The van der Waals surface area contributed by atoms with Gasteiger partial charge in [0.2, 0.25) is 0 Å². The maximum Gasteiger partial charge on any atom is 0.147 e. The van der Waals surface area contributed by atoms with Gasteiger partial charge in [-0.05, 0) is 25.7 Å². The molecule has 0 aliphatic heterocycles. The average Bonchev–Trinajstić information content (AvgIpc) is 2.74. The molecule has 4 nitrogen and oxygen atoms in total. The van der Waals surface area contributed by atoms with Crippen molar-refractivity contribution in [3.63, 3.8) is 0 Å². The van der Waals surface area contributed by atoms with Crippen molar-refractivity contribution in [2.24, 2.45) is 5.84 Å². The summed E-state index contributed by atoms with van der Waals surface area (Å²) in [6, 6.07) is 0. The monoisotopic (exact) mass is 206 g/mol. The summed E-state index contributed by atoms with van der Waals surface area (Å²) in [6.07, 6.45) is 4.34. The predicted molar refractivity (Wildman–Crippen MR) is 60.6 cm³/mol. The first-order chi connectivity index (χ1) is 7.26. The second-order valence-corrected chi connectivity index (χ2v) is 4.16. The minimum Gasteiger partial charge on any atom is -0.308 e. The molecule has 0 radical (unpaired) electrons. The highest BCUT2D eigenvalue weighted by atomic mass is 15.3. The molecule has 0 aromatic carbocycles. The van der Waals surface area contributed by atoms with Crippen LogP contribution in [0.2, 0.25) is 0 Å². The second-order valence-electron chi connectivity index (χ2n) is 4.16. The van der Waals surface area contributed by atoms with E-state index in [2.05, 4.69) is 29.2 Å². The number of fused-ring (bicyclic) bond motifs is 1. The number of nitrogens with zero attached hydrogens (tertiary/aromatic N) is 2. The summed E-state index contributed by atoms with van der Waals surface area (Å²) in [6.45, 7) is 4.30. The van der Waals surface area contributed by atoms with E-state index in [1.54, 1.807) is 0 Å². The van der Waals surface area contributed by atoms with Gasteiger partial charge in [0.05, 0.1) is 0 Å². The van der Waals surface area contributed by atoms with E-state index in [4.69, 9.17) is 5.84 Å². The average molecular weight is 206 g/mol. The highest BCUT2D eigenvalue weighted by molar-refractivity contribution is 5.48. The first-order valence-electron chi connectivity index (χ1n) is 5.62. The molecular formula is C11H18N4. The molecule has 1 aromatic heterocycles. The summed E-state index contributed by atoms with van der Waals surface area (Å²) >= 11 is 0. The molecule has 82 valence electrons. The van der Waals surface area contributed by atoms with E-state index in [1.807, 2.05) is 0 Å². The van der Waals surface area contributed by atoms with Gasteiger partial charge in [-0.3, -0.25) is 0 Å². The lowest BCUT2D eigenvalue weighted by atomic mass is 10.1. The Kier molecular flexibility index (Phi) is 2.86. The second kappa shape index (κ2) is 4.14.